The summed E-state index contributed by atoms with van der Waals surface area (Å²) in [5, 5.41) is 2.90. The van der Waals surface area contributed by atoms with E-state index in [1.165, 1.54) is 0 Å². The van der Waals surface area contributed by atoms with Gasteiger partial charge in [-0.15, -0.1) is 12.4 Å². The van der Waals surface area contributed by atoms with E-state index in [4.69, 9.17) is 15.2 Å². The number of nitrogens with zero attached hydrogens (tertiary/aromatic N) is 2. The minimum atomic E-state index is -0.438. The van der Waals surface area contributed by atoms with Gasteiger partial charge in [-0.25, -0.2) is 9.97 Å². The SMILES string of the molecule is Cc1cc(Oc2ncccn2)ccc1NC(=O)[C@@H]1CC[C@H](CN)O1.Cl. The van der Waals surface area contributed by atoms with Gasteiger partial charge in [0, 0.05) is 24.6 Å². The van der Waals surface area contributed by atoms with Crippen LogP contribution in [0.2, 0.25) is 0 Å². The average Bonchev–Trinajstić information content (AvgIpc) is 3.07. The average molecular weight is 365 g/mol. The van der Waals surface area contributed by atoms with Gasteiger partial charge in [-0.3, -0.25) is 4.79 Å². The summed E-state index contributed by atoms with van der Waals surface area (Å²) in [6, 6.07) is 7.38. The Hall–Kier alpha value is -2.22. The molecule has 2 aromatic rings. The fourth-order valence-electron chi connectivity index (χ4n) is 2.57. The molecular formula is C17H21ClN4O3. The summed E-state index contributed by atoms with van der Waals surface area (Å²) in [5.74, 6) is 0.464. The highest BCUT2D eigenvalue weighted by atomic mass is 35.5. The minimum absolute atomic E-state index is 0. The Labute approximate surface area is 152 Å². The lowest BCUT2D eigenvalue weighted by molar-refractivity contribution is -0.126. The summed E-state index contributed by atoms with van der Waals surface area (Å²) in [5.41, 5.74) is 7.18. The number of halogens is 1. The summed E-state index contributed by atoms with van der Waals surface area (Å²) in [6.45, 7) is 2.34. The van der Waals surface area contributed by atoms with Crippen LogP contribution in [0.15, 0.2) is 36.7 Å². The van der Waals surface area contributed by atoms with E-state index in [0.29, 0.717) is 18.7 Å². The highest BCUT2D eigenvalue weighted by Crippen LogP contribution is 2.26. The van der Waals surface area contributed by atoms with Gasteiger partial charge in [0.15, 0.2) is 0 Å². The standard InChI is InChI=1S/C17H20N4O3.ClH/c1-11-9-12(24-17-19-7-2-8-20-17)3-5-14(11)21-16(22)15-6-4-13(10-18)23-15;/h2-3,5,7-9,13,15H,4,6,10,18H2,1H3,(H,21,22);1H/t13-,15+;/m1./s1. The number of anilines is 1. The predicted molar refractivity (Wildman–Crippen MR) is 96.1 cm³/mol. The highest BCUT2D eigenvalue weighted by molar-refractivity contribution is 5.95. The van der Waals surface area contributed by atoms with E-state index in [9.17, 15) is 4.79 Å². The Balaban J connectivity index is 0.00000225. The number of carbonyl (C=O) groups excluding carboxylic acids is 1. The second-order valence-corrected chi connectivity index (χ2v) is 5.66. The number of rotatable bonds is 5. The molecule has 8 heteroatoms. The van der Waals surface area contributed by atoms with E-state index < -0.39 is 6.10 Å². The number of amides is 1. The molecule has 1 aromatic heterocycles. The van der Waals surface area contributed by atoms with Crippen LogP contribution in [0.4, 0.5) is 5.69 Å². The molecule has 3 N–H and O–H groups in total. The summed E-state index contributed by atoms with van der Waals surface area (Å²) >= 11 is 0. The van der Waals surface area contributed by atoms with Crippen LogP contribution in [-0.2, 0) is 9.53 Å². The number of carbonyl (C=O) groups is 1. The van der Waals surface area contributed by atoms with Crippen LogP contribution in [0.1, 0.15) is 18.4 Å². The minimum Gasteiger partial charge on any atom is -0.424 e. The van der Waals surface area contributed by atoms with Gasteiger partial charge in [0.25, 0.3) is 5.91 Å². The van der Waals surface area contributed by atoms with Gasteiger partial charge in [0.1, 0.15) is 11.9 Å². The van der Waals surface area contributed by atoms with Crippen molar-refractivity contribution in [3.8, 4) is 11.8 Å². The second kappa shape index (κ2) is 8.75. The Kier molecular flexibility index (Phi) is 6.69. The molecular weight excluding hydrogens is 344 g/mol. The van der Waals surface area contributed by atoms with Crippen molar-refractivity contribution in [3.63, 3.8) is 0 Å². The number of hydrogen-bond acceptors (Lipinski definition) is 6. The van der Waals surface area contributed by atoms with Gasteiger partial charge in [0.2, 0.25) is 0 Å². The first kappa shape index (κ1) is 19.1. The van der Waals surface area contributed by atoms with E-state index in [2.05, 4.69) is 15.3 Å². The predicted octanol–water partition coefficient (Wildman–Crippen LogP) is 2.44. The first-order chi connectivity index (χ1) is 11.7. The molecule has 0 radical (unpaired) electrons. The van der Waals surface area contributed by atoms with Crippen molar-refractivity contribution >= 4 is 24.0 Å². The van der Waals surface area contributed by atoms with E-state index in [0.717, 1.165) is 17.7 Å². The molecule has 25 heavy (non-hydrogen) atoms. The fourth-order valence-corrected chi connectivity index (χ4v) is 2.57. The van der Waals surface area contributed by atoms with Gasteiger partial charge in [0.05, 0.1) is 6.10 Å². The molecule has 1 fully saturated rings. The van der Waals surface area contributed by atoms with Crippen molar-refractivity contribution in [1.29, 1.82) is 0 Å². The van der Waals surface area contributed by atoms with Crippen LogP contribution >= 0.6 is 12.4 Å². The molecule has 3 rings (SSSR count). The van der Waals surface area contributed by atoms with Crippen molar-refractivity contribution < 1.29 is 14.3 Å². The lowest BCUT2D eigenvalue weighted by atomic mass is 10.1. The van der Waals surface area contributed by atoms with Gasteiger partial charge >= 0.3 is 6.01 Å². The van der Waals surface area contributed by atoms with E-state index >= 15 is 0 Å². The maximum Gasteiger partial charge on any atom is 0.321 e. The third-order valence-electron chi connectivity index (χ3n) is 3.87. The summed E-state index contributed by atoms with van der Waals surface area (Å²) in [6.07, 6.45) is 4.27. The number of aryl methyl sites for hydroxylation is 1. The number of ether oxygens (including phenoxy) is 2. The van der Waals surface area contributed by atoms with Gasteiger partial charge in [-0.2, -0.15) is 0 Å². The molecule has 2 heterocycles. The monoisotopic (exact) mass is 364 g/mol. The van der Waals surface area contributed by atoms with Gasteiger partial charge < -0.3 is 20.5 Å². The van der Waals surface area contributed by atoms with Gasteiger partial charge in [-0.05, 0) is 49.6 Å². The third kappa shape index (κ3) is 4.88. The van der Waals surface area contributed by atoms with Crippen LogP contribution in [0.25, 0.3) is 0 Å². The van der Waals surface area contributed by atoms with Crippen molar-refractivity contribution in [2.24, 2.45) is 5.73 Å². The molecule has 0 saturated carbocycles. The van der Waals surface area contributed by atoms with Crippen molar-refractivity contribution in [2.75, 3.05) is 11.9 Å². The molecule has 0 unspecified atom stereocenters. The maximum absolute atomic E-state index is 12.3. The van der Waals surface area contributed by atoms with Crippen molar-refractivity contribution in [3.05, 3.63) is 42.2 Å². The number of aromatic nitrogens is 2. The first-order valence-electron chi connectivity index (χ1n) is 7.87. The Morgan fingerprint density at radius 3 is 2.76 bits per heavy atom. The Morgan fingerprint density at radius 1 is 1.36 bits per heavy atom. The third-order valence-corrected chi connectivity index (χ3v) is 3.87. The number of nitrogens with two attached hydrogens (primary N) is 1. The second-order valence-electron chi connectivity index (χ2n) is 5.66. The zero-order valence-electron chi connectivity index (χ0n) is 13.8. The van der Waals surface area contributed by atoms with Gasteiger partial charge in [-0.1, -0.05) is 0 Å². The number of benzene rings is 1. The van der Waals surface area contributed by atoms with E-state index in [1.54, 1.807) is 30.6 Å². The van der Waals surface area contributed by atoms with E-state index in [1.807, 2.05) is 13.0 Å². The maximum atomic E-state index is 12.3. The molecule has 0 spiro atoms. The van der Waals surface area contributed by atoms with Crippen molar-refractivity contribution in [2.45, 2.75) is 32.0 Å². The van der Waals surface area contributed by atoms with Crippen molar-refractivity contribution in [1.82, 2.24) is 9.97 Å². The van der Waals surface area contributed by atoms with Crippen LogP contribution in [0.5, 0.6) is 11.8 Å². The van der Waals surface area contributed by atoms with Crippen LogP contribution in [-0.4, -0.2) is 34.6 Å². The molecule has 1 saturated heterocycles. The van der Waals surface area contributed by atoms with E-state index in [-0.39, 0.29) is 30.4 Å². The Bertz CT molecular complexity index is 714. The lowest BCUT2D eigenvalue weighted by Crippen LogP contribution is -2.30. The first-order valence-corrected chi connectivity index (χ1v) is 7.87. The Morgan fingerprint density at radius 2 is 2.12 bits per heavy atom. The quantitative estimate of drug-likeness (QED) is 0.845. The zero-order chi connectivity index (χ0) is 16.9. The molecule has 0 bridgehead atoms. The summed E-state index contributed by atoms with van der Waals surface area (Å²) < 4.78 is 11.2. The molecule has 2 atom stereocenters. The van der Waals surface area contributed by atoms with Crippen LogP contribution < -0.4 is 15.8 Å². The molecule has 1 aliphatic heterocycles. The normalized spacial score (nSPS) is 19.1. The molecule has 0 aliphatic carbocycles. The number of nitrogens with one attached hydrogen (secondary N) is 1. The topological polar surface area (TPSA) is 99.4 Å². The summed E-state index contributed by atoms with van der Waals surface area (Å²) in [4.78, 5) is 20.3. The van der Waals surface area contributed by atoms with Crippen LogP contribution in [0.3, 0.4) is 0 Å². The molecule has 1 aliphatic rings. The van der Waals surface area contributed by atoms with Crippen LogP contribution in [0, 0.1) is 6.92 Å². The largest absolute Gasteiger partial charge is 0.424 e. The fraction of sp³-hybridized carbons (Fsp3) is 0.353. The summed E-state index contributed by atoms with van der Waals surface area (Å²) in [7, 11) is 0. The zero-order valence-corrected chi connectivity index (χ0v) is 14.7. The molecule has 1 aromatic carbocycles. The molecule has 7 nitrogen and oxygen atoms in total. The number of hydrogen-bond donors (Lipinski definition) is 2. The lowest BCUT2D eigenvalue weighted by Gasteiger charge is -2.14. The molecule has 134 valence electrons. The highest BCUT2D eigenvalue weighted by Gasteiger charge is 2.30. The smallest absolute Gasteiger partial charge is 0.321 e. The molecule has 1 amide bonds.